The lowest BCUT2D eigenvalue weighted by Gasteiger charge is -2.39. The van der Waals surface area contributed by atoms with Gasteiger partial charge in [-0.25, -0.2) is 9.37 Å². The zero-order chi connectivity index (χ0) is 13.4. The van der Waals surface area contributed by atoms with Gasteiger partial charge in [-0.2, -0.15) is 0 Å². The summed E-state index contributed by atoms with van der Waals surface area (Å²) in [6.45, 7) is 1.60. The Morgan fingerprint density at radius 2 is 2.00 bits per heavy atom. The molecular weight excluding hydrogens is 243 g/mol. The molecule has 0 saturated carbocycles. The number of pyridine rings is 1. The van der Waals surface area contributed by atoms with Crippen molar-refractivity contribution in [1.82, 2.24) is 10.3 Å². The predicted octanol–water partition coefficient (Wildman–Crippen LogP) is 2.63. The third-order valence-electron chi connectivity index (χ3n) is 4.36. The van der Waals surface area contributed by atoms with Crippen LogP contribution in [0.1, 0.15) is 48.3 Å². The van der Waals surface area contributed by atoms with Crippen LogP contribution in [0, 0.1) is 18.7 Å². The first-order valence-corrected chi connectivity index (χ1v) is 7.07. The van der Waals surface area contributed by atoms with Gasteiger partial charge in [0.05, 0.1) is 5.69 Å². The number of ketones is 1. The van der Waals surface area contributed by atoms with Crippen molar-refractivity contribution in [3.05, 3.63) is 29.3 Å². The molecule has 3 nitrogen and oxygen atoms in total. The first kappa shape index (κ1) is 12.7. The molecule has 0 aromatic carbocycles. The van der Waals surface area contributed by atoms with Gasteiger partial charge in [0.25, 0.3) is 0 Å². The van der Waals surface area contributed by atoms with Crippen LogP contribution in [0.4, 0.5) is 4.39 Å². The molecule has 2 aliphatic rings. The Morgan fingerprint density at radius 3 is 2.63 bits per heavy atom. The van der Waals surface area contributed by atoms with Crippen LogP contribution < -0.4 is 5.32 Å². The fraction of sp³-hybridized carbons (Fsp3) is 0.600. The molecule has 2 bridgehead atoms. The van der Waals surface area contributed by atoms with Crippen molar-refractivity contribution in [2.45, 2.75) is 51.1 Å². The molecule has 2 unspecified atom stereocenters. The van der Waals surface area contributed by atoms with Gasteiger partial charge in [0.2, 0.25) is 0 Å². The molecule has 1 N–H and O–H groups in total. The Balaban J connectivity index is 1.78. The second-order valence-corrected chi connectivity index (χ2v) is 5.79. The number of nitrogens with one attached hydrogen (secondary N) is 1. The number of piperidine rings is 2. The first-order chi connectivity index (χ1) is 9.13. The number of rotatable bonds is 2. The van der Waals surface area contributed by atoms with Gasteiger partial charge in [-0.15, -0.1) is 0 Å². The lowest BCUT2D eigenvalue weighted by Crippen LogP contribution is -2.50. The minimum atomic E-state index is -0.348. The molecule has 0 amide bonds. The monoisotopic (exact) mass is 262 g/mol. The summed E-state index contributed by atoms with van der Waals surface area (Å²) in [6, 6.07) is 3.81. The zero-order valence-corrected chi connectivity index (χ0v) is 11.2. The lowest BCUT2D eigenvalue weighted by molar-refractivity contribution is 0.0819. The Labute approximate surface area is 112 Å². The standard InChI is InChI=1S/C15H19FN2O/c1-9-13(16)5-6-14(17-9)15(19)10-7-11-3-2-4-12(8-10)18-11/h5-6,10-12,18H,2-4,7-8H2,1H3. The summed E-state index contributed by atoms with van der Waals surface area (Å²) >= 11 is 0. The van der Waals surface area contributed by atoms with Gasteiger partial charge >= 0.3 is 0 Å². The van der Waals surface area contributed by atoms with Gasteiger partial charge < -0.3 is 5.32 Å². The van der Waals surface area contributed by atoms with Crippen molar-refractivity contribution in [2.75, 3.05) is 0 Å². The smallest absolute Gasteiger partial charge is 0.184 e. The quantitative estimate of drug-likeness (QED) is 0.833. The summed E-state index contributed by atoms with van der Waals surface area (Å²) in [5.74, 6) is -0.214. The maximum absolute atomic E-state index is 13.2. The summed E-state index contributed by atoms with van der Waals surface area (Å²) in [6.07, 6.45) is 5.38. The van der Waals surface area contributed by atoms with Crippen LogP contribution in [0.25, 0.3) is 0 Å². The van der Waals surface area contributed by atoms with Crippen molar-refractivity contribution in [3.63, 3.8) is 0 Å². The molecule has 2 atom stereocenters. The van der Waals surface area contributed by atoms with Crippen molar-refractivity contribution in [3.8, 4) is 0 Å². The average molecular weight is 262 g/mol. The Bertz CT molecular complexity index is 491. The number of hydrogen-bond donors (Lipinski definition) is 1. The minimum Gasteiger partial charge on any atom is -0.311 e. The number of aromatic nitrogens is 1. The molecule has 4 heteroatoms. The zero-order valence-electron chi connectivity index (χ0n) is 11.2. The molecule has 2 saturated heterocycles. The van der Waals surface area contributed by atoms with E-state index in [-0.39, 0.29) is 17.5 Å². The largest absolute Gasteiger partial charge is 0.311 e. The summed E-state index contributed by atoms with van der Waals surface area (Å²) in [4.78, 5) is 16.6. The van der Waals surface area contributed by atoms with Gasteiger partial charge in [0.1, 0.15) is 11.5 Å². The van der Waals surface area contributed by atoms with Crippen LogP contribution >= 0.6 is 0 Å². The van der Waals surface area contributed by atoms with Crippen molar-refractivity contribution >= 4 is 5.78 Å². The van der Waals surface area contributed by atoms with E-state index in [1.54, 1.807) is 6.92 Å². The second-order valence-electron chi connectivity index (χ2n) is 5.79. The number of carbonyl (C=O) groups is 1. The molecule has 1 aromatic rings. The van der Waals surface area contributed by atoms with Crippen LogP contribution in [0.3, 0.4) is 0 Å². The Kier molecular flexibility index (Phi) is 3.35. The maximum Gasteiger partial charge on any atom is 0.184 e. The molecule has 2 fully saturated rings. The highest BCUT2D eigenvalue weighted by Gasteiger charge is 2.35. The van der Waals surface area contributed by atoms with E-state index in [0.29, 0.717) is 23.5 Å². The third kappa shape index (κ3) is 2.54. The molecule has 2 aliphatic heterocycles. The van der Waals surface area contributed by atoms with Crippen LogP contribution in [0.15, 0.2) is 12.1 Å². The minimum absolute atomic E-state index is 0.0499. The number of hydrogen-bond acceptors (Lipinski definition) is 3. The summed E-state index contributed by atoms with van der Waals surface area (Å²) in [7, 11) is 0. The highest BCUT2D eigenvalue weighted by molar-refractivity contribution is 5.96. The van der Waals surface area contributed by atoms with E-state index in [0.717, 1.165) is 25.7 Å². The summed E-state index contributed by atoms with van der Waals surface area (Å²) in [5, 5.41) is 3.58. The van der Waals surface area contributed by atoms with Gasteiger partial charge in [0.15, 0.2) is 5.78 Å². The number of aryl methyl sites for hydroxylation is 1. The molecule has 0 spiro atoms. The highest BCUT2D eigenvalue weighted by Crippen LogP contribution is 2.31. The van der Waals surface area contributed by atoms with Crippen LogP contribution in [0.2, 0.25) is 0 Å². The highest BCUT2D eigenvalue weighted by atomic mass is 19.1. The van der Waals surface area contributed by atoms with Gasteiger partial charge in [-0.3, -0.25) is 4.79 Å². The van der Waals surface area contributed by atoms with E-state index in [1.165, 1.54) is 18.6 Å². The molecular formula is C15H19FN2O. The normalized spacial score (nSPS) is 30.1. The van der Waals surface area contributed by atoms with E-state index in [4.69, 9.17) is 0 Å². The number of carbonyl (C=O) groups excluding carboxylic acids is 1. The number of halogens is 1. The molecule has 19 heavy (non-hydrogen) atoms. The van der Waals surface area contributed by atoms with Crippen LogP contribution in [0.5, 0.6) is 0 Å². The molecule has 0 aliphatic carbocycles. The molecule has 3 rings (SSSR count). The molecule has 1 aromatic heterocycles. The predicted molar refractivity (Wildman–Crippen MR) is 70.5 cm³/mol. The van der Waals surface area contributed by atoms with E-state index in [2.05, 4.69) is 10.3 Å². The van der Waals surface area contributed by atoms with E-state index in [1.807, 2.05) is 0 Å². The first-order valence-electron chi connectivity index (χ1n) is 7.07. The SMILES string of the molecule is Cc1nc(C(=O)C2CC3CCCC(C2)N3)ccc1F. The van der Waals surface area contributed by atoms with E-state index >= 15 is 0 Å². The Hall–Kier alpha value is -1.29. The maximum atomic E-state index is 13.2. The lowest BCUT2D eigenvalue weighted by atomic mass is 9.78. The average Bonchev–Trinajstić information content (AvgIpc) is 2.40. The third-order valence-corrected chi connectivity index (χ3v) is 4.36. The van der Waals surface area contributed by atoms with Gasteiger partial charge in [0, 0.05) is 18.0 Å². The van der Waals surface area contributed by atoms with Crippen molar-refractivity contribution < 1.29 is 9.18 Å². The molecule has 0 radical (unpaired) electrons. The number of Topliss-reactive ketones (excluding diaryl/α,β-unsaturated/α-hetero) is 1. The van der Waals surface area contributed by atoms with E-state index < -0.39 is 0 Å². The fourth-order valence-corrected chi connectivity index (χ4v) is 3.37. The fourth-order valence-electron chi connectivity index (χ4n) is 3.37. The topological polar surface area (TPSA) is 42.0 Å². The summed E-state index contributed by atoms with van der Waals surface area (Å²) < 4.78 is 13.2. The molecule has 3 heterocycles. The van der Waals surface area contributed by atoms with Crippen LogP contribution in [-0.4, -0.2) is 22.9 Å². The van der Waals surface area contributed by atoms with Crippen LogP contribution in [-0.2, 0) is 0 Å². The number of fused-ring (bicyclic) bond motifs is 2. The van der Waals surface area contributed by atoms with Crippen molar-refractivity contribution in [1.29, 1.82) is 0 Å². The van der Waals surface area contributed by atoms with Gasteiger partial charge in [-0.1, -0.05) is 6.42 Å². The second kappa shape index (κ2) is 5.00. The summed E-state index contributed by atoms with van der Waals surface area (Å²) in [5.41, 5.74) is 0.726. The molecule has 102 valence electrons. The Morgan fingerprint density at radius 1 is 1.32 bits per heavy atom. The van der Waals surface area contributed by atoms with E-state index in [9.17, 15) is 9.18 Å². The van der Waals surface area contributed by atoms with Gasteiger partial charge in [-0.05, 0) is 44.7 Å². The number of nitrogens with zero attached hydrogens (tertiary/aromatic N) is 1. The van der Waals surface area contributed by atoms with Crippen molar-refractivity contribution in [2.24, 2.45) is 5.92 Å².